The average molecular weight is 165 g/mol. The van der Waals surface area contributed by atoms with Gasteiger partial charge in [-0.15, -0.1) is 0 Å². The van der Waals surface area contributed by atoms with E-state index < -0.39 is 0 Å². The van der Waals surface area contributed by atoms with Gasteiger partial charge in [0.15, 0.2) is 0 Å². The van der Waals surface area contributed by atoms with Crippen LogP contribution in [0.25, 0.3) is 6.20 Å². The number of rotatable bonds is 0. The van der Waals surface area contributed by atoms with Gasteiger partial charge < -0.3 is 0 Å². The smallest absolute Gasteiger partial charge is 0.254 e. The Morgan fingerprint density at radius 1 is 1.58 bits per heavy atom. The fourth-order valence-corrected chi connectivity index (χ4v) is 1.41. The fraction of sp³-hybridized carbons (Fsp3) is 0.500. The summed E-state index contributed by atoms with van der Waals surface area (Å²) in [5.41, 5.74) is -0.153. The van der Waals surface area contributed by atoms with Crippen molar-refractivity contribution in [3.63, 3.8) is 0 Å². The minimum Gasteiger partial charge on any atom is -0.254 e. The first kappa shape index (κ1) is 7.34. The molecule has 0 spiro atoms. The molecule has 1 aliphatic heterocycles. The maximum absolute atomic E-state index is 11.1. The van der Waals surface area contributed by atoms with Crippen LogP contribution in [0, 0.1) is 5.92 Å². The van der Waals surface area contributed by atoms with Crippen molar-refractivity contribution in [3.8, 4) is 0 Å². The molecule has 0 radical (unpaired) electrons. The summed E-state index contributed by atoms with van der Waals surface area (Å²) in [4.78, 5) is 11.1. The summed E-state index contributed by atoms with van der Waals surface area (Å²) < 4.78 is 1.56. The molecule has 0 amide bonds. The van der Waals surface area contributed by atoms with Crippen molar-refractivity contribution in [3.05, 3.63) is 22.4 Å². The van der Waals surface area contributed by atoms with Gasteiger partial charge in [-0.2, -0.15) is 5.10 Å². The largest absolute Gasteiger partial charge is 0.347 e. The Labute approximate surface area is 69.9 Å². The van der Waals surface area contributed by atoms with Crippen LogP contribution in [-0.2, 0) is 0 Å². The van der Waals surface area contributed by atoms with Gasteiger partial charge in [0.05, 0.1) is 0 Å². The molecule has 1 aromatic heterocycles. The molecular weight excluding hydrogens is 154 g/mol. The zero-order chi connectivity index (χ0) is 8.72. The van der Waals surface area contributed by atoms with E-state index >= 15 is 0 Å². The molecule has 0 bridgehead atoms. The number of fused-ring (bicyclic) bond motifs is 1. The van der Waals surface area contributed by atoms with E-state index in [1.54, 1.807) is 10.8 Å². The standard InChI is InChI=1S/C8H11N3O/c1-5-3-4-11-7(6(5)2)9-10-8(11)12/h3-6H,1-2H3,(H,10,12). The number of H-pyrrole nitrogens is 1. The minimum absolute atomic E-state index is 0.153. The van der Waals surface area contributed by atoms with Gasteiger partial charge in [-0.25, -0.2) is 9.89 Å². The third-order valence-corrected chi connectivity index (χ3v) is 2.47. The zero-order valence-corrected chi connectivity index (χ0v) is 7.11. The van der Waals surface area contributed by atoms with Crippen LogP contribution in [0.4, 0.5) is 0 Å². The molecule has 1 aliphatic rings. The van der Waals surface area contributed by atoms with Crippen molar-refractivity contribution in [2.45, 2.75) is 19.8 Å². The summed E-state index contributed by atoms with van der Waals surface area (Å²) in [5.74, 6) is 1.59. The Bertz CT molecular complexity index is 374. The van der Waals surface area contributed by atoms with Gasteiger partial charge >= 0.3 is 5.69 Å². The van der Waals surface area contributed by atoms with Gasteiger partial charge in [0, 0.05) is 12.1 Å². The highest BCUT2D eigenvalue weighted by Gasteiger charge is 2.21. The zero-order valence-electron chi connectivity index (χ0n) is 7.11. The van der Waals surface area contributed by atoms with Gasteiger partial charge in [-0.3, -0.25) is 4.57 Å². The van der Waals surface area contributed by atoms with Crippen molar-refractivity contribution in [1.29, 1.82) is 0 Å². The number of allylic oxidation sites excluding steroid dienone is 1. The molecule has 0 aromatic carbocycles. The number of nitrogens with zero attached hydrogens (tertiary/aromatic N) is 2. The lowest BCUT2D eigenvalue weighted by molar-refractivity contribution is 0.539. The molecular formula is C8H11N3O. The van der Waals surface area contributed by atoms with Gasteiger partial charge in [0.2, 0.25) is 0 Å². The first-order valence-electron chi connectivity index (χ1n) is 4.05. The summed E-state index contributed by atoms with van der Waals surface area (Å²) in [6.07, 6.45) is 3.81. The molecule has 64 valence electrons. The molecule has 2 unspecified atom stereocenters. The normalized spacial score (nSPS) is 27.2. The Kier molecular flexibility index (Phi) is 1.43. The lowest BCUT2D eigenvalue weighted by atomic mass is 9.93. The van der Waals surface area contributed by atoms with E-state index in [9.17, 15) is 4.79 Å². The van der Waals surface area contributed by atoms with Crippen molar-refractivity contribution in [2.75, 3.05) is 0 Å². The molecule has 2 atom stereocenters. The third kappa shape index (κ3) is 0.841. The molecule has 1 N–H and O–H groups in total. The van der Waals surface area contributed by atoms with Gasteiger partial charge in [-0.1, -0.05) is 19.9 Å². The summed E-state index contributed by atoms with van der Waals surface area (Å²) in [6, 6.07) is 0. The highest BCUT2D eigenvalue weighted by atomic mass is 16.1. The molecule has 4 nitrogen and oxygen atoms in total. The molecule has 0 saturated heterocycles. The summed E-state index contributed by atoms with van der Waals surface area (Å²) in [5, 5.41) is 6.40. The number of hydrogen-bond donors (Lipinski definition) is 1. The maximum atomic E-state index is 11.1. The molecule has 4 heteroatoms. The number of aromatic amines is 1. The third-order valence-electron chi connectivity index (χ3n) is 2.47. The van der Waals surface area contributed by atoms with Crippen LogP contribution in [-0.4, -0.2) is 14.8 Å². The molecule has 12 heavy (non-hydrogen) atoms. The lowest BCUT2D eigenvalue weighted by Crippen LogP contribution is -2.20. The second kappa shape index (κ2) is 2.33. The summed E-state index contributed by atoms with van der Waals surface area (Å²) >= 11 is 0. The van der Waals surface area contributed by atoms with E-state index in [1.165, 1.54) is 0 Å². The van der Waals surface area contributed by atoms with Crippen molar-refractivity contribution >= 4 is 6.20 Å². The monoisotopic (exact) mass is 165 g/mol. The summed E-state index contributed by atoms with van der Waals surface area (Å²) in [6.45, 7) is 4.18. The number of aromatic nitrogens is 3. The van der Waals surface area contributed by atoms with E-state index in [0.717, 1.165) is 5.82 Å². The minimum atomic E-state index is -0.153. The molecule has 0 fully saturated rings. The summed E-state index contributed by atoms with van der Waals surface area (Å²) in [7, 11) is 0. The van der Waals surface area contributed by atoms with Gasteiger partial charge in [0.1, 0.15) is 5.82 Å². The molecule has 2 rings (SSSR count). The lowest BCUT2D eigenvalue weighted by Gasteiger charge is -2.19. The van der Waals surface area contributed by atoms with Crippen LogP contribution in [0.1, 0.15) is 25.6 Å². The molecule has 1 aromatic rings. The van der Waals surface area contributed by atoms with E-state index in [1.807, 2.05) is 6.08 Å². The van der Waals surface area contributed by atoms with E-state index in [-0.39, 0.29) is 5.69 Å². The van der Waals surface area contributed by atoms with Crippen LogP contribution in [0.15, 0.2) is 10.9 Å². The van der Waals surface area contributed by atoms with Crippen LogP contribution in [0.3, 0.4) is 0 Å². The van der Waals surface area contributed by atoms with Crippen molar-refractivity contribution < 1.29 is 0 Å². The van der Waals surface area contributed by atoms with Crippen LogP contribution < -0.4 is 5.69 Å². The number of hydrogen-bond acceptors (Lipinski definition) is 2. The predicted molar refractivity (Wildman–Crippen MR) is 45.8 cm³/mol. The van der Waals surface area contributed by atoms with Gasteiger partial charge in [0.25, 0.3) is 0 Å². The van der Waals surface area contributed by atoms with E-state index in [2.05, 4.69) is 24.0 Å². The molecule has 2 heterocycles. The predicted octanol–water partition coefficient (Wildman–Crippen LogP) is 0.795. The van der Waals surface area contributed by atoms with Crippen LogP contribution >= 0.6 is 0 Å². The van der Waals surface area contributed by atoms with Crippen molar-refractivity contribution in [1.82, 2.24) is 14.8 Å². The SMILES string of the molecule is CC1C=Cn2c(n[nH]c2=O)C1C. The highest BCUT2D eigenvalue weighted by Crippen LogP contribution is 2.25. The van der Waals surface area contributed by atoms with E-state index in [0.29, 0.717) is 11.8 Å². The second-order valence-corrected chi connectivity index (χ2v) is 3.25. The maximum Gasteiger partial charge on any atom is 0.347 e. The van der Waals surface area contributed by atoms with Crippen LogP contribution in [0.5, 0.6) is 0 Å². The first-order valence-corrected chi connectivity index (χ1v) is 4.05. The molecule has 0 saturated carbocycles. The average Bonchev–Trinajstić information content (AvgIpc) is 2.41. The van der Waals surface area contributed by atoms with Crippen molar-refractivity contribution in [2.24, 2.45) is 5.92 Å². The Balaban J connectivity index is 2.61. The topological polar surface area (TPSA) is 50.7 Å². The number of nitrogens with one attached hydrogen (secondary N) is 1. The Morgan fingerprint density at radius 3 is 3.08 bits per heavy atom. The molecule has 0 aliphatic carbocycles. The fourth-order valence-electron chi connectivity index (χ4n) is 1.41. The van der Waals surface area contributed by atoms with Gasteiger partial charge in [-0.05, 0) is 5.92 Å². The first-order chi connectivity index (χ1) is 5.70. The Hall–Kier alpha value is -1.32. The highest BCUT2D eigenvalue weighted by molar-refractivity contribution is 5.30. The quantitative estimate of drug-likeness (QED) is 0.618. The second-order valence-electron chi connectivity index (χ2n) is 3.25. The Morgan fingerprint density at radius 2 is 2.33 bits per heavy atom. The van der Waals surface area contributed by atoms with E-state index in [4.69, 9.17) is 0 Å². The van der Waals surface area contributed by atoms with Crippen LogP contribution in [0.2, 0.25) is 0 Å².